The molecule has 1 aliphatic rings. The van der Waals surface area contributed by atoms with Gasteiger partial charge in [0, 0.05) is 43.6 Å². The molecule has 11 heteroatoms. The van der Waals surface area contributed by atoms with Crippen molar-refractivity contribution in [3.63, 3.8) is 0 Å². The minimum Gasteiger partial charge on any atom is -0.354 e. The molecule has 8 nitrogen and oxygen atoms in total. The SMILES string of the molecule is O=C(Nc1cc2cccnc2c(N2CCC(F)(F)CC2)n1)c1ccc([N+](=O)[O-])cc1F. The molecular weight excluding hydrogens is 415 g/mol. The summed E-state index contributed by atoms with van der Waals surface area (Å²) in [7, 11) is 0. The molecule has 2 aromatic heterocycles. The Morgan fingerprint density at radius 2 is 1.94 bits per heavy atom. The van der Waals surface area contributed by atoms with Gasteiger partial charge in [-0.1, -0.05) is 6.07 Å². The normalized spacial score (nSPS) is 15.6. The van der Waals surface area contributed by atoms with Crippen LogP contribution in [0.4, 0.5) is 30.5 Å². The first-order chi connectivity index (χ1) is 14.7. The number of non-ortho nitro benzene ring substituents is 1. The highest BCUT2D eigenvalue weighted by atomic mass is 19.3. The zero-order chi connectivity index (χ0) is 22.2. The van der Waals surface area contributed by atoms with Crippen LogP contribution in [0.3, 0.4) is 0 Å². The van der Waals surface area contributed by atoms with Crippen LogP contribution in [-0.2, 0) is 0 Å². The lowest BCUT2D eigenvalue weighted by molar-refractivity contribution is -0.385. The number of anilines is 2. The summed E-state index contributed by atoms with van der Waals surface area (Å²) in [5.74, 6) is -4.21. The Kier molecular flexibility index (Phi) is 5.17. The predicted octanol–water partition coefficient (Wildman–Crippen LogP) is 4.16. The highest BCUT2D eigenvalue weighted by Crippen LogP contribution is 2.33. The Morgan fingerprint density at radius 1 is 1.19 bits per heavy atom. The zero-order valence-electron chi connectivity index (χ0n) is 16.0. The van der Waals surface area contributed by atoms with Crippen LogP contribution in [0.2, 0.25) is 0 Å². The minimum absolute atomic E-state index is 0.0695. The molecule has 3 heterocycles. The van der Waals surface area contributed by atoms with Crippen LogP contribution >= 0.6 is 0 Å². The first-order valence-electron chi connectivity index (χ1n) is 9.37. The number of amides is 1. The number of piperidine rings is 1. The fourth-order valence-corrected chi connectivity index (χ4v) is 3.38. The summed E-state index contributed by atoms with van der Waals surface area (Å²) in [6.07, 6.45) is 0.901. The molecule has 1 amide bonds. The second kappa shape index (κ2) is 7.82. The molecule has 31 heavy (non-hydrogen) atoms. The van der Waals surface area contributed by atoms with Gasteiger partial charge in [-0.25, -0.2) is 18.2 Å². The highest BCUT2D eigenvalue weighted by Gasteiger charge is 2.35. The predicted molar refractivity (Wildman–Crippen MR) is 107 cm³/mol. The summed E-state index contributed by atoms with van der Waals surface area (Å²) in [5, 5.41) is 13.8. The molecule has 1 aromatic carbocycles. The fourth-order valence-electron chi connectivity index (χ4n) is 3.38. The second-order valence-electron chi connectivity index (χ2n) is 7.12. The molecule has 4 rings (SSSR count). The lowest BCUT2D eigenvalue weighted by Crippen LogP contribution is -2.40. The number of nitro benzene ring substituents is 1. The number of halogens is 3. The number of aromatic nitrogens is 2. The number of rotatable bonds is 4. The van der Waals surface area contributed by atoms with Crippen LogP contribution < -0.4 is 10.2 Å². The second-order valence-corrected chi connectivity index (χ2v) is 7.12. The molecular formula is C20H16F3N5O3. The first-order valence-corrected chi connectivity index (χ1v) is 9.37. The lowest BCUT2D eigenvalue weighted by atomic mass is 10.1. The van der Waals surface area contributed by atoms with Gasteiger partial charge < -0.3 is 10.2 Å². The van der Waals surface area contributed by atoms with Gasteiger partial charge in [-0.15, -0.1) is 0 Å². The Morgan fingerprint density at radius 3 is 2.61 bits per heavy atom. The van der Waals surface area contributed by atoms with E-state index in [1.807, 2.05) is 0 Å². The quantitative estimate of drug-likeness (QED) is 0.492. The van der Waals surface area contributed by atoms with Crippen molar-refractivity contribution in [3.8, 4) is 0 Å². The van der Waals surface area contributed by atoms with E-state index in [4.69, 9.17) is 0 Å². The summed E-state index contributed by atoms with van der Waals surface area (Å²) in [6, 6.07) is 7.64. The number of nitro groups is 1. The maximum Gasteiger partial charge on any atom is 0.272 e. The Hall–Kier alpha value is -3.76. The number of nitrogens with zero attached hydrogens (tertiary/aromatic N) is 4. The molecule has 0 saturated carbocycles. The van der Waals surface area contributed by atoms with Crippen LogP contribution in [0.1, 0.15) is 23.2 Å². The number of carbonyl (C=O) groups excluding carboxylic acids is 1. The number of benzene rings is 1. The van der Waals surface area contributed by atoms with Crippen molar-refractivity contribution in [1.29, 1.82) is 0 Å². The van der Waals surface area contributed by atoms with Crippen LogP contribution in [0, 0.1) is 15.9 Å². The lowest BCUT2D eigenvalue weighted by Gasteiger charge is -2.33. The molecule has 0 bridgehead atoms. The molecule has 0 unspecified atom stereocenters. The molecule has 0 radical (unpaired) electrons. The highest BCUT2D eigenvalue weighted by molar-refractivity contribution is 6.05. The largest absolute Gasteiger partial charge is 0.354 e. The Balaban J connectivity index is 1.65. The number of nitrogens with one attached hydrogen (secondary N) is 1. The van der Waals surface area contributed by atoms with Crippen molar-refractivity contribution < 1.29 is 22.9 Å². The third kappa shape index (κ3) is 4.25. The van der Waals surface area contributed by atoms with Gasteiger partial charge in [0.2, 0.25) is 0 Å². The molecule has 0 atom stereocenters. The monoisotopic (exact) mass is 431 g/mol. The number of fused-ring (bicyclic) bond motifs is 1. The number of hydrogen-bond donors (Lipinski definition) is 1. The van der Waals surface area contributed by atoms with Crippen molar-refractivity contribution in [2.75, 3.05) is 23.3 Å². The molecule has 1 N–H and O–H groups in total. The van der Waals surface area contributed by atoms with Gasteiger partial charge >= 0.3 is 0 Å². The van der Waals surface area contributed by atoms with E-state index in [1.54, 1.807) is 23.2 Å². The molecule has 1 fully saturated rings. The van der Waals surface area contributed by atoms with Gasteiger partial charge in [0.25, 0.3) is 17.5 Å². The molecule has 0 spiro atoms. The van der Waals surface area contributed by atoms with Crippen molar-refractivity contribution in [1.82, 2.24) is 9.97 Å². The maximum absolute atomic E-state index is 14.2. The molecule has 0 aliphatic carbocycles. The van der Waals surface area contributed by atoms with Gasteiger partial charge in [0.15, 0.2) is 5.82 Å². The Bertz CT molecular complexity index is 1180. The topological polar surface area (TPSA) is 101 Å². The van der Waals surface area contributed by atoms with Gasteiger partial charge in [-0.05, 0) is 18.2 Å². The van der Waals surface area contributed by atoms with E-state index in [0.717, 1.165) is 12.1 Å². The average molecular weight is 431 g/mol. The molecule has 1 saturated heterocycles. The average Bonchev–Trinajstić information content (AvgIpc) is 2.73. The molecule has 3 aromatic rings. The number of carbonyl (C=O) groups is 1. The minimum atomic E-state index is -2.74. The van der Waals surface area contributed by atoms with E-state index in [0.29, 0.717) is 22.8 Å². The van der Waals surface area contributed by atoms with Crippen molar-refractivity contribution >= 4 is 34.1 Å². The van der Waals surface area contributed by atoms with Gasteiger partial charge in [0.1, 0.15) is 17.2 Å². The third-order valence-corrected chi connectivity index (χ3v) is 5.01. The Labute approximate surface area is 173 Å². The molecule has 160 valence electrons. The summed E-state index contributed by atoms with van der Waals surface area (Å²) in [6.45, 7) is 0.139. The van der Waals surface area contributed by atoms with E-state index in [2.05, 4.69) is 15.3 Å². The smallest absolute Gasteiger partial charge is 0.272 e. The van der Waals surface area contributed by atoms with Crippen LogP contribution in [0.25, 0.3) is 10.9 Å². The number of alkyl halides is 2. The van der Waals surface area contributed by atoms with Gasteiger partial charge in [0.05, 0.1) is 16.6 Å². The van der Waals surface area contributed by atoms with E-state index >= 15 is 0 Å². The summed E-state index contributed by atoms with van der Waals surface area (Å²) < 4.78 is 41.3. The number of hydrogen-bond acceptors (Lipinski definition) is 6. The van der Waals surface area contributed by atoms with Crippen LogP contribution in [-0.4, -0.2) is 39.8 Å². The van der Waals surface area contributed by atoms with E-state index < -0.39 is 33.8 Å². The summed E-state index contributed by atoms with van der Waals surface area (Å²) in [4.78, 5) is 32.8. The van der Waals surface area contributed by atoms with Crippen molar-refractivity contribution in [2.45, 2.75) is 18.8 Å². The standard InChI is InChI=1S/C20H16F3N5O3/c21-15-11-13(28(30)31)3-4-14(15)19(29)26-16-10-12-2-1-7-24-17(12)18(25-16)27-8-5-20(22,23)6-9-27/h1-4,7,10-11H,5-6,8-9H2,(H,25,26,29). The zero-order valence-corrected chi connectivity index (χ0v) is 16.0. The van der Waals surface area contributed by atoms with Crippen molar-refractivity contribution in [2.24, 2.45) is 0 Å². The van der Waals surface area contributed by atoms with Gasteiger partial charge in [-0.3, -0.25) is 19.9 Å². The summed E-state index contributed by atoms with van der Waals surface area (Å²) in [5.41, 5.74) is -0.377. The van der Waals surface area contributed by atoms with E-state index in [9.17, 15) is 28.1 Å². The molecule has 1 aliphatic heterocycles. The van der Waals surface area contributed by atoms with Crippen molar-refractivity contribution in [3.05, 3.63) is 64.1 Å². The van der Waals surface area contributed by atoms with E-state index in [-0.39, 0.29) is 31.7 Å². The van der Waals surface area contributed by atoms with E-state index in [1.165, 1.54) is 6.07 Å². The van der Waals surface area contributed by atoms with Crippen LogP contribution in [0.5, 0.6) is 0 Å². The number of pyridine rings is 2. The summed E-state index contributed by atoms with van der Waals surface area (Å²) >= 11 is 0. The first kappa shape index (κ1) is 20.5. The fraction of sp³-hybridized carbons (Fsp3) is 0.250. The third-order valence-electron chi connectivity index (χ3n) is 5.01. The maximum atomic E-state index is 14.2. The van der Waals surface area contributed by atoms with Crippen LogP contribution in [0.15, 0.2) is 42.6 Å². The van der Waals surface area contributed by atoms with Gasteiger partial charge in [-0.2, -0.15) is 0 Å².